The topological polar surface area (TPSA) is 12.9 Å². The molecule has 1 rings (SSSR count). The van der Waals surface area contributed by atoms with E-state index in [0.717, 1.165) is 0 Å². The van der Waals surface area contributed by atoms with Crippen LogP contribution >= 0.6 is 34.1 Å². The van der Waals surface area contributed by atoms with Crippen molar-refractivity contribution in [3.63, 3.8) is 0 Å². The Labute approximate surface area is 85.5 Å². The highest BCUT2D eigenvalue weighted by Crippen LogP contribution is 2.31. The lowest BCUT2D eigenvalue weighted by Crippen LogP contribution is -2.12. The van der Waals surface area contributed by atoms with E-state index in [1.807, 2.05) is 0 Å². The molecule has 0 bridgehead atoms. The van der Waals surface area contributed by atoms with Gasteiger partial charge in [-0.15, -0.1) is 0 Å². The van der Waals surface area contributed by atoms with Gasteiger partial charge in [-0.1, -0.05) is 20.8 Å². The van der Waals surface area contributed by atoms with Crippen LogP contribution in [0.25, 0.3) is 0 Å². The fourth-order valence-corrected chi connectivity index (χ4v) is 3.53. The molecule has 0 saturated heterocycles. The van der Waals surface area contributed by atoms with Gasteiger partial charge in [0.25, 0.3) is 0 Å². The first-order valence-electron chi connectivity index (χ1n) is 3.55. The van der Waals surface area contributed by atoms with E-state index >= 15 is 0 Å². The van der Waals surface area contributed by atoms with E-state index in [2.05, 4.69) is 54.7 Å². The molecule has 1 aromatic heterocycles. The first-order valence-corrected chi connectivity index (χ1v) is 5.40. The van der Waals surface area contributed by atoms with Crippen molar-refractivity contribution in [3.8, 4) is 0 Å². The van der Waals surface area contributed by atoms with Gasteiger partial charge in [-0.05, 0) is 46.5 Å². The van der Waals surface area contributed by atoms with Crippen LogP contribution < -0.4 is 0 Å². The van der Waals surface area contributed by atoms with Gasteiger partial charge < -0.3 is 0 Å². The van der Waals surface area contributed by atoms with Gasteiger partial charge in [-0.2, -0.15) is 4.37 Å². The molecule has 11 heavy (non-hydrogen) atoms. The van der Waals surface area contributed by atoms with Gasteiger partial charge in [0.15, 0.2) is 0 Å². The maximum absolute atomic E-state index is 4.32. The first kappa shape index (κ1) is 9.45. The van der Waals surface area contributed by atoms with Gasteiger partial charge in [-0.3, -0.25) is 0 Å². The second kappa shape index (κ2) is 3.01. The standard InChI is InChI=1S/C8H12INS/c1-5-6(8(2,3)4)7(9)11-10-5/h1-4H3. The van der Waals surface area contributed by atoms with Crippen LogP contribution in [0.4, 0.5) is 0 Å². The van der Waals surface area contributed by atoms with E-state index in [-0.39, 0.29) is 5.41 Å². The summed E-state index contributed by atoms with van der Waals surface area (Å²) in [7, 11) is 0. The third-order valence-electron chi connectivity index (χ3n) is 1.57. The molecule has 1 aromatic rings. The molecule has 62 valence electrons. The van der Waals surface area contributed by atoms with Crippen LogP contribution in [0.15, 0.2) is 0 Å². The van der Waals surface area contributed by atoms with E-state index in [1.54, 1.807) is 11.5 Å². The monoisotopic (exact) mass is 281 g/mol. The Hall–Kier alpha value is 0.360. The zero-order valence-electron chi connectivity index (χ0n) is 7.23. The molecule has 0 N–H and O–H groups in total. The van der Waals surface area contributed by atoms with Gasteiger partial charge in [0.2, 0.25) is 0 Å². The van der Waals surface area contributed by atoms with E-state index in [1.165, 1.54) is 14.1 Å². The number of rotatable bonds is 0. The SMILES string of the molecule is Cc1nsc(I)c1C(C)(C)C. The summed E-state index contributed by atoms with van der Waals surface area (Å²) in [4.78, 5) is 0. The Balaban J connectivity index is 3.21. The van der Waals surface area contributed by atoms with E-state index in [4.69, 9.17) is 0 Å². The molecular formula is C8H12INS. The molecule has 0 amide bonds. The minimum absolute atomic E-state index is 0.244. The summed E-state index contributed by atoms with van der Waals surface area (Å²) in [6, 6.07) is 0. The predicted octanol–water partition coefficient (Wildman–Crippen LogP) is 3.35. The Morgan fingerprint density at radius 2 is 1.91 bits per heavy atom. The zero-order valence-corrected chi connectivity index (χ0v) is 10.2. The maximum Gasteiger partial charge on any atom is 0.0900 e. The van der Waals surface area contributed by atoms with Crippen LogP contribution in [0.3, 0.4) is 0 Å². The second-order valence-corrected chi connectivity index (χ2v) is 6.25. The third kappa shape index (κ3) is 1.93. The van der Waals surface area contributed by atoms with Crippen molar-refractivity contribution >= 4 is 34.1 Å². The van der Waals surface area contributed by atoms with E-state index < -0.39 is 0 Å². The lowest BCUT2D eigenvalue weighted by molar-refractivity contribution is 0.584. The quantitative estimate of drug-likeness (QED) is 0.664. The molecule has 0 fully saturated rings. The second-order valence-electron chi connectivity index (χ2n) is 3.67. The van der Waals surface area contributed by atoms with Gasteiger partial charge in [0.1, 0.15) is 0 Å². The minimum atomic E-state index is 0.244. The molecule has 0 spiro atoms. The Kier molecular flexibility index (Phi) is 2.59. The molecule has 1 nitrogen and oxygen atoms in total. The number of aromatic nitrogens is 1. The van der Waals surface area contributed by atoms with Crippen LogP contribution in [-0.4, -0.2) is 4.37 Å². The molecule has 1 heterocycles. The van der Waals surface area contributed by atoms with Crippen molar-refractivity contribution in [2.75, 3.05) is 0 Å². The molecule has 0 saturated carbocycles. The summed E-state index contributed by atoms with van der Waals surface area (Å²) >= 11 is 3.96. The van der Waals surface area contributed by atoms with Crippen molar-refractivity contribution in [1.82, 2.24) is 4.37 Å². The van der Waals surface area contributed by atoms with Crippen LogP contribution in [0.2, 0.25) is 0 Å². The summed E-state index contributed by atoms with van der Waals surface area (Å²) in [6.07, 6.45) is 0. The molecule has 3 heteroatoms. The lowest BCUT2D eigenvalue weighted by Gasteiger charge is -2.18. The van der Waals surface area contributed by atoms with Crippen LogP contribution in [0.5, 0.6) is 0 Å². The zero-order chi connectivity index (χ0) is 8.65. The van der Waals surface area contributed by atoms with E-state index in [0.29, 0.717) is 0 Å². The highest BCUT2D eigenvalue weighted by Gasteiger charge is 2.21. The Bertz CT molecular complexity index is 240. The van der Waals surface area contributed by atoms with Crippen molar-refractivity contribution in [2.24, 2.45) is 0 Å². The highest BCUT2D eigenvalue weighted by molar-refractivity contribution is 14.1. The maximum atomic E-state index is 4.32. The average Bonchev–Trinajstić information content (AvgIpc) is 2.08. The number of halogens is 1. The summed E-state index contributed by atoms with van der Waals surface area (Å²) < 4.78 is 5.64. The summed E-state index contributed by atoms with van der Waals surface area (Å²) in [5.74, 6) is 0. The molecule has 0 atom stereocenters. The molecule has 0 aromatic carbocycles. The smallest absolute Gasteiger partial charge is 0.0900 e. The molecular weight excluding hydrogens is 269 g/mol. The molecule has 0 aliphatic rings. The minimum Gasteiger partial charge on any atom is -0.197 e. The number of hydrogen-bond acceptors (Lipinski definition) is 2. The summed E-state index contributed by atoms with van der Waals surface area (Å²) in [6.45, 7) is 8.77. The van der Waals surface area contributed by atoms with Crippen LogP contribution in [0.1, 0.15) is 32.0 Å². The predicted molar refractivity (Wildman–Crippen MR) is 58.3 cm³/mol. The first-order chi connectivity index (χ1) is 4.93. The number of hydrogen-bond donors (Lipinski definition) is 0. The molecule has 0 aliphatic heterocycles. The molecule has 0 unspecified atom stereocenters. The summed E-state index contributed by atoms with van der Waals surface area (Å²) in [5, 5.41) is 0. The average molecular weight is 281 g/mol. The fourth-order valence-electron chi connectivity index (χ4n) is 1.18. The van der Waals surface area contributed by atoms with Crippen molar-refractivity contribution in [2.45, 2.75) is 33.1 Å². The largest absolute Gasteiger partial charge is 0.197 e. The van der Waals surface area contributed by atoms with Gasteiger partial charge in [0, 0.05) is 5.56 Å². The third-order valence-corrected chi connectivity index (χ3v) is 3.43. The normalized spacial score (nSPS) is 12.1. The number of nitrogens with zero attached hydrogens (tertiary/aromatic N) is 1. The molecule has 0 radical (unpaired) electrons. The van der Waals surface area contributed by atoms with Crippen molar-refractivity contribution in [1.29, 1.82) is 0 Å². The van der Waals surface area contributed by atoms with Crippen molar-refractivity contribution in [3.05, 3.63) is 14.1 Å². The summed E-state index contributed by atoms with van der Waals surface area (Å²) in [5.41, 5.74) is 2.84. The Morgan fingerprint density at radius 1 is 1.36 bits per heavy atom. The van der Waals surface area contributed by atoms with Gasteiger partial charge in [0.05, 0.1) is 8.58 Å². The number of aryl methyl sites for hydroxylation is 1. The van der Waals surface area contributed by atoms with E-state index in [9.17, 15) is 0 Å². The molecule has 0 aliphatic carbocycles. The van der Waals surface area contributed by atoms with Crippen LogP contribution in [0, 0.1) is 9.81 Å². The lowest BCUT2D eigenvalue weighted by atomic mass is 9.88. The Morgan fingerprint density at radius 3 is 2.09 bits per heavy atom. The highest BCUT2D eigenvalue weighted by atomic mass is 127. The van der Waals surface area contributed by atoms with Crippen LogP contribution in [-0.2, 0) is 5.41 Å². The van der Waals surface area contributed by atoms with Gasteiger partial charge in [-0.25, -0.2) is 0 Å². The van der Waals surface area contributed by atoms with Crippen molar-refractivity contribution < 1.29 is 0 Å². The fraction of sp³-hybridized carbons (Fsp3) is 0.625. The van der Waals surface area contributed by atoms with Gasteiger partial charge >= 0.3 is 0 Å².